The van der Waals surface area contributed by atoms with Crippen LogP contribution in [0.5, 0.6) is 0 Å². The third-order valence-electron chi connectivity index (χ3n) is 4.28. The maximum Gasteiger partial charge on any atom is 0.0518 e. The molecule has 0 radical (unpaired) electrons. The van der Waals surface area contributed by atoms with Crippen LogP contribution >= 0.6 is 0 Å². The number of benzene rings is 1. The molecular weight excluding hydrogens is 272 g/mol. The van der Waals surface area contributed by atoms with Crippen LogP contribution in [-0.2, 0) is 13.1 Å². The lowest BCUT2D eigenvalue weighted by Gasteiger charge is -2.16. The fraction of sp³-hybridized carbons (Fsp3) is 0.500. The van der Waals surface area contributed by atoms with Crippen molar-refractivity contribution in [2.45, 2.75) is 38.9 Å². The Morgan fingerprint density at radius 3 is 2.91 bits per heavy atom. The van der Waals surface area contributed by atoms with Crippen LogP contribution in [0.25, 0.3) is 0 Å². The smallest absolute Gasteiger partial charge is 0.0518 e. The van der Waals surface area contributed by atoms with Gasteiger partial charge in [-0.1, -0.05) is 30.3 Å². The fourth-order valence-electron chi connectivity index (χ4n) is 3.12. The van der Waals surface area contributed by atoms with Gasteiger partial charge < -0.3 is 5.32 Å². The standard InChI is InChI=1S/C18H26N4/c1-16-12-20-22(13-16)10-5-9-19-18-8-11-21(15-18)14-17-6-3-2-4-7-17/h2-4,6-7,12-13,18-19H,5,8-11,14-15H2,1H3. The van der Waals surface area contributed by atoms with E-state index in [1.165, 1.54) is 24.1 Å². The molecule has 0 bridgehead atoms. The second-order valence-corrected chi connectivity index (χ2v) is 6.29. The number of hydrogen-bond acceptors (Lipinski definition) is 3. The van der Waals surface area contributed by atoms with Crippen LogP contribution in [0.15, 0.2) is 42.7 Å². The molecule has 2 aromatic rings. The topological polar surface area (TPSA) is 33.1 Å². The van der Waals surface area contributed by atoms with Gasteiger partial charge in [-0.3, -0.25) is 9.58 Å². The number of nitrogens with zero attached hydrogens (tertiary/aromatic N) is 3. The predicted molar refractivity (Wildman–Crippen MR) is 89.7 cm³/mol. The molecule has 0 amide bonds. The van der Waals surface area contributed by atoms with Crippen molar-refractivity contribution >= 4 is 0 Å². The van der Waals surface area contributed by atoms with Crippen molar-refractivity contribution in [3.8, 4) is 0 Å². The van der Waals surface area contributed by atoms with Crippen molar-refractivity contribution in [1.82, 2.24) is 20.0 Å². The average molecular weight is 298 g/mol. The number of likely N-dealkylation sites (tertiary alicyclic amines) is 1. The summed E-state index contributed by atoms with van der Waals surface area (Å²) in [6, 6.07) is 11.4. The zero-order valence-corrected chi connectivity index (χ0v) is 13.4. The summed E-state index contributed by atoms with van der Waals surface area (Å²) >= 11 is 0. The summed E-state index contributed by atoms with van der Waals surface area (Å²) in [7, 11) is 0. The number of aromatic nitrogens is 2. The van der Waals surface area contributed by atoms with E-state index in [1.807, 2.05) is 10.9 Å². The Balaban J connectivity index is 1.33. The first-order valence-electron chi connectivity index (χ1n) is 8.28. The van der Waals surface area contributed by atoms with E-state index in [2.05, 4.69) is 58.8 Å². The zero-order valence-electron chi connectivity index (χ0n) is 13.4. The second kappa shape index (κ2) is 7.56. The van der Waals surface area contributed by atoms with Crippen LogP contribution in [0.1, 0.15) is 24.0 Å². The van der Waals surface area contributed by atoms with Crippen LogP contribution in [0.4, 0.5) is 0 Å². The molecule has 1 atom stereocenters. The van der Waals surface area contributed by atoms with Crippen molar-refractivity contribution in [3.63, 3.8) is 0 Å². The third-order valence-corrected chi connectivity index (χ3v) is 4.28. The van der Waals surface area contributed by atoms with Crippen LogP contribution in [0, 0.1) is 6.92 Å². The van der Waals surface area contributed by atoms with E-state index in [1.54, 1.807) is 0 Å². The van der Waals surface area contributed by atoms with E-state index in [-0.39, 0.29) is 0 Å². The van der Waals surface area contributed by atoms with E-state index in [4.69, 9.17) is 0 Å². The minimum absolute atomic E-state index is 0.642. The summed E-state index contributed by atoms with van der Waals surface area (Å²) < 4.78 is 2.04. The summed E-state index contributed by atoms with van der Waals surface area (Å²) in [6.45, 7) is 7.60. The lowest BCUT2D eigenvalue weighted by molar-refractivity contribution is 0.319. The Morgan fingerprint density at radius 1 is 1.27 bits per heavy atom. The number of nitrogens with one attached hydrogen (secondary N) is 1. The maximum absolute atomic E-state index is 4.32. The largest absolute Gasteiger partial charge is 0.313 e. The van der Waals surface area contributed by atoms with Crippen molar-refractivity contribution in [3.05, 3.63) is 53.9 Å². The molecule has 1 saturated heterocycles. The normalized spacial score (nSPS) is 18.9. The first-order valence-corrected chi connectivity index (χ1v) is 8.28. The Bertz CT molecular complexity index is 563. The van der Waals surface area contributed by atoms with Gasteiger partial charge in [0.2, 0.25) is 0 Å². The monoisotopic (exact) mass is 298 g/mol. The summed E-state index contributed by atoms with van der Waals surface area (Å²) in [5, 5.41) is 8.02. The lowest BCUT2D eigenvalue weighted by Crippen LogP contribution is -2.33. The SMILES string of the molecule is Cc1cnn(CCCNC2CCN(Cc3ccccc3)C2)c1. The molecule has 1 aliphatic heterocycles. The van der Waals surface area contributed by atoms with E-state index < -0.39 is 0 Å². The summed E-state index contributed by atoms with van der Waals surface area (Å²) in [5.74, 6) is 0. The highest BCUT2D eigenvalue weighted by Crippen LogP contribution is 2.13. The van der Waals surface area contributed by atoms with Gasteiger partial charge in [0, 0.05) is 38.4 Å². The molecule has 1 fully saturated rings. The fourth-order valence-corrected chi connectivity index (χ4v) is 3.12. The molecule has 1 aliphatic rings. The number of rotatable bonds is 7. The summed E-state index contributed by atoms with van der Waals surface area (Å²) in [6.07, 6.45) is 6.42. The molecule has 3 rings (SSSR count). The zero-order chi connectivity index (χ0) is 15.2. The van der Waals surface area contributed by atoms with Gasteiger partial charge in [-0.05, 0) is 37.4 Å². The lowest BCUT2D eigenvalue weighted by atomic mass is 10.2. The van der Waals surface area contributed by atoms with E-state index >= 15 is 0 Å². The molecule has 1 aromatic carbocycles. The van der Waals surface area contributed by atoms with Crippen molar-refractivity contribution in [2.75, 3.05) is 19.6 Å². The molecule has 1 unspecified atom stereocenters. The van der Waals surface area contributed by atoms with E-state index in [0.717, 1.165) is 32.6 Å². The molecule has 4 heteroatoms. The van der Waals surface area contributed by atoms with Crippen LogP contribution < -0.4 is 5.32 Å². The van der Waals surface area contributed by atoms with Crippen LogP contribution in [0.3, 0.4) is 0 Å². The molecule has 22 heavy (non-hydrogen) atoms. The number of aryl methyl sites for hydroxylation is 2. The highest BCUT2D eigenvalue weighted by Gasteiger charge is 2.21. The Morgan fingerprint density at radius 2 is 2.14 bits per heavy atom. The quantitative estimate of drug-likeness (QED) is 0.797. The van der Waals surface area contributed by atoms with Crippen LogP contribution in [-0.4, -0.2) is 40.4 Å². The van der Waals surface area contributed by atoms with Gasteiger partial charge in [0.05, 0.1) is 6.20 Å². The molecule has 2 heterocycles. The van der Waals surface area contributed by atoms with Crippen molar-refractivity contribution in [1.29, 1.82) is 0 Å². The molecule has 1 N–H and O–H groups in total. The minimum Gasteiger partial charge on any atom is -0.313 e. The first kappa shape index (κ1) is 15.3. The molecule has 4 nitrogen and oxygen atoms in total. The first-order chi connectivity index (χ1) is 10.8. The molecule has 0 saturated carbocycles. The van der Waals surface area contributed by atoms with E-state index in [0.29, 0.717) is 6.04 Å². The predicted octanol–water partition coefficient (Wildman–Crippen LogP) is 2.45. The van der Waals surface area contributed by atoms with E-state index in [9.17, 15) is 0 Å². The molecule has 118 valence electrons. The Labute approximate surface area is 133 Å². The van der Waals surface area contributed by atoms with Crippen molar-refractivity contribution in [2.24, 2.45) is 0 Å². The average Bonchev–Trinajstić information content (AvgIpc) is 3.14. The van der Waals surface area contributed by atoms with Gasteiger partial charge in [-0.25, -0.2) is 0 Å². The van der Waals surface area contributed by atoms with Gasteiger partial charge in [0.1, 0.15) is 0 Å². The maximum atomic E-state index is 4.32. The highest BCUT2D eigenvalue weighted by molar-refractivity contribution is 5.14. The van der Waals surface area contributed by atoms with Crippen LogP contribution in [0.2, 0.25) is 0 Å². The second-order valence-electron chi connectivity index (χ2n) is 6.29. The molecule has 1 aromatic heterocycles. The van der Waals surface area contributed by atoms with Gasteiger partial charge in [-0.15, -0.1) is 0 Å². The molecule has 0 aliphatic carbocycles. The Kier molecular flexibility index (Phi) is 5.24. The van der Waals surface area contributed by atoms with Gasteiger partial charge in [0.25, 0.3) is 0 Å². The number of hydrogen-bond donors (Lipinski definition) is 1. The molecular formula is C18H26N4. The molecule has 0 spiro atoms. The van der Waals surface area contributed by atoms with Gasteiger partial charge >= 0.3 is 0 Å². The van der Waals surface area contributed by atoms with Crippen molar-refractivity contribution < 1.29 is 0 Å². The highest BCUT2D eigenvalue weighted by atomic mass is 15.3. The minimum atomic E-state index is 0.642. The van der Waals surface area contributed by atoms with Gasteiger partial charge in [-0.2, -0.15) is 5.10 Å². The Hall–Kier alpha value is -1.65. The third kappa shape index (κ3) is 4.42. The summed E-state index contributed by atoms with van der Waals surface area (Å²) in [4.78, 5) is 2.55. The summed E-state index contributed by atoms with van der Waals surface area (Å²) in [5.41, 5.74) is 2.65. The van der Waals surface area contributed by atoms with Gasteiger partial charge in [0.15, 0.2) is 0 Å².